The maximum absolute atomic E-state index is 12.1. The first-order chi connectivity index (χ1) is 12.2. The summed E-state index contributed by atoms with van der Waals surface area (Å²) >= 11 is 3.31. The highest BCUT2D eigenvalue weighted by Gasteiger charge is 2.32. The number of carbonyl (C=O) groups excluding carboxylic acids is 1. The molecule has 0 saturated carbocycles. The lowest BCUT2D eigenvalue weighted by Gasteiger charge is -2.20. The second-order valence-corrected chi connectivity index (χ2v) is 9.02. The molecule has 1 N–H and O–H groups in total. The molecule has 0 aromatic heterocycles. The summed E-state index contributed by atoms with van der Waals surface area (Å²) in [6.45, 7) is 3.55. The smallest absolute Gasteiger partial charge is 0.338 e. The number of hydrogen-bond acceptors (Lipinski definition) is 5. The standard InChI is InChI=1S/C18H17BrN2O4S/c1-18(2,11-25-17(22)12-7-9-13(19)10-8-12)20-16-14-5-3-4-6-15(14)26(23,24)21-16/h3-10H,11H2,1-2H3,(H,20,21). The van der Waals surface area contributed by atoms with Gasteiger partial charge in [-0.2, -0.15) is 0 Å². The van der Waals surface area contributed by atoms with E-state index in [9.17, 15) is 13.2 Å². The van der Waals surface area contributed by atoms with E-state index in [4.69, 9.17) is 4.74 Å². The Morgan fingerprint density at radius 1 is 1.15 bits per heavy atom. The molecule has 8 heteroatoms. The maximum Gasteiger partial charge on any atom is 0.338 e. The van der Waals surface area contributed by atoms with Crippen molar-refractivity contribution in [3.05, 3.63) is 64.1 Å². The van der Waals surface area contributed by atoms with Crippen molar-refractivity contribution in [1.82, 2.24) is 4.72 Å². The minimum Gasteiger partial charge on any atom is -0.460 e. The number of carbonyl (C=O) groups is 1. The number of fused-ring (bicyclic) bond motifs is 1. The number of sulfonamides is 1. The largest absolute Gasteiger partial charge is 0.460 e. The SMILES string of the molecule is CC(C)(COC(=O)c1ccc(Br)cc1)N=C1NS(=O)(=O)c2ccccc21. The molecular weight excluding hydrogens is 420 g/mol. The van der Waals surface area contributed by atoms with Crippen LogP contribution in [0.5, 0.6) is 0 Å². The summed E-state index contributed by atoms with van der Waals surface area (Å²) < 4.78 is 33.0. The molecule has 0 radical (unpaired) electrons. The lowest BCUT2D eigenvalue weighted by atomic mass is 10.1. The average molecular weight is 437 g/mol. The van der Waals surface area contributed by atoms with Crippen LogP contribution in [0.15, 0.2) is 62.9 Å². The molecule has 2 aromatic carbocycles. The molecule has 1 heterocycles. The number of hydrogen-bond donors (Lipinski definition) is 1. The van der Waals surface area contributed by atoms with Crippen molar-refractivity contribution in [1.29, 1.82) is 0 Å². The van der Waals surface area contributed by atoms with E-state index in [-0.39, 0.29) is 17.3 Å². The zero-order valence-corrected chi connectivity index (χ0v) is 16.6. The van der Waals surface area contributed by atoms with Gasteiger partial charge in [0.25, 0.3) is 10.0 Å². The van der Waals surface area contributed by atoms with Gasteiger partial charge in [0.2, 0.25) is 0 Å². The van der Waals surface area contributed by atoms with E-state index in [2.05, 4.69) is 25.6 Å². The molecule has 1 aliphatic rings. The Labute approximate surface area is 160 Å². The fourth-order valence-electron chi connectivity index (χ4n) is 2.46. The summed E-state index contributed by atoms with van der Waals surface area (Å²) in [6, 6.07) is 13.5. The van der Waals surface area contributed by atoms with Gasteiger partial charge in [-0.15, -0.1) is 0 Å². The number of ether oxygens (including phenoxy) is 1. The van der Waals surface area contributed by atoms with Gasteiger partial charge in [0.15, 0.2) is 0 Å². The zero-order valence-electron chi connectivity index (χ0n) is 14.2. The van der Waals surface area contributed by atoms with Gasteiger partial charge in [-0.1, -0.05) is 28.1 Å². The van der Waals surface area contributed by atoms with Crippen LogP contribution in [-0.4, -0.2) is 32.4 Å². The Kier molecular flexibility index (Phi) is 4.90. The molecule has 0 spiro atoms. The van der Waals surface area contributed by atoms with Crippen molar-refractivity contribution in [3.63, 3.8) is 0 Å². The van der Waals surface area contributed by atoms with E-state index in [1.807, 2.05) is 0 Å². The van der Waals surface area contributed by atoms with E-state index in [0.29, 0.717) is 11.1 Å². The van der Waals surface area contributed by atoms with Crippen LogP contribution in [-0.2, 0) is 14.8 Å². The van der Waals surface area contributed by atoms with Crippen LogP contribution >= 0.6 is 15.9 Å². The molecule has 3 rings (SSSR count). The van der Waals surface area contributed by atoms with Crippen LogP contribution < -0.4 is 4.72 Å². The van der Waals surface area contributed by atoms with Crippen molar-refractivity contribution in [2.24, 2.45) is 4.99 Å². The van der Waals surface area contributed by atoms with Crippen molar-refractivity contribution < 1.29 is 17.9 Å². The molecule has 6 nitrogen and oxygen atoms in total. The molecule has 0 bridgehead atoms. The van der Waals surface area contributed by atoms with Crippen LogP contribution in [0.3, 0.4) is 0 Å². The number of benzene rings is 2. The molecule has 2 aromatic rings. The van der Waals surface area contributed by atoms with Gasteiger partial charge in [0.1, 0.15) is 12.4 Å². The van der Waals surface area contributed by atoms with E-state index in [1.54, 1.807) is 56.3 Å². The number of aliphatic imine (C=N–C) groups is 1. The van der Waals surface area contributed by atoms with Gasteiger partial charge < -0.3 is 4.74 Å². The zero-order chi connectivity index (χ0) is 18.9. The summed E-state index contributed by atoms with van der Waals surface area (Å²) in [6.07, 6.45) is 0. The van der Waals surface area contributed by atoms with Crippen LogP contribution in [0.1, 0.15) is 29.8 Å². The maximum atomic E-state index is 12.1. The minimum atomic E-state index is -3.60. The molecule has 26 heavy (non-hydrogen) atoms. The Morgan fingerprint density at radius 2 is 1.81 bits per heavy atom. The van der Waals surface area contributed by atoms with Crippen LogP contribution in [0.2, 0.25) is 0 Å². The molecule has 0 fully saturated rings. The monoisotopic (exact) mass is 436 g/mol. The molecule has 0 amide bonds. The van der Waals surface area contributed by atoms with Gasteiger partial charge >= 0.3 is 5.97 Å². The molecule has 0 aliphatic carbocycles. The molecule has 136 valence electrons. The predicted molar refractivity (Wildman–Crippen MR) is 102 cm³/mol. The third kappa shape index (κ3) is 3.96. The molecule has 0 atom stereocenters. The third-order valence-corrected chi connectivity index (χ3v) is 5.64. The van der Waals surface area contributed by atoms with E-state index >= 15 is 0 Å². The summed E-state index contributed by atoms with van der Waals surface area (Å²) in [5.41, 5.74) is 0.142. The van der Waals surface area contributed by atoms with Crippen LogP contribution in [0, 0.1) is 0 Å². The quantitative estimate of drug-likeness (QED) is 0.745. The Morgan fingerprint density at radius 3 is 2.50 bits per heavy atom. The first kappa shape index (κ1) is 18.6. The average Bonchev–Trinajstić information content (AvgIpc) is 2.84. The van der Waals surface area contributed by atoms with Gasteiger partial charge in [-0.05, 0) is 50.2 Å². The number of rotatable bonds is 4. The van der Waals surface area contributed by atoms with Gasteiger partial charge in [-0.3, -0.25) is 9.71 Å². The molecule has 1 aliphatic heterocycles. The number of nitrogens with zero attached hydrogens (tertiary/aromatic N) is 1. The molecule has 0 saturated heterocycles. The van der Waals surface area contributed by atoms with E-state index < -0.39 is 21.5 Å². The van der Waals surface area contributed by atoms with Crippen molar-refractivity contribution >= 4 is 37.8 Å². The lowest BCUT2D eigenvalue weighted by Crippen LogP contribution is -2.31. The van der Waals surface area contributed by atoms with Crippen molar-refractivity contribution in [3.8, 4) is 0 Å². The van der Waals surface area contributed by atoms with E-state index in [0.717, 1.165) is 4.47 Å². The van der Waals surface area contributed by atoms with Gasteiger partial charge in [-0.25, -0.2) is 13.2 Å². The van der Waals surface area contributed by atoms with Crippen molar-refractivity contribution in [2.75, 3.05) is 6.61 Å². The van der Waals surface area contributed by atoms with Crippen LogP contribution in [0.25, 0.3) is 0 Å². The Bertz CT molecular complexity index is 983. The minimum absolute atomic E-state index is 0.00922. The highest BCUT2D eigenvalue weighted by molar-refractivity contribution is 9.10. The number of nitrogens with one attached hydrogen (secondary N) is 1. The summed E-state index contributed by atoms with van der Waals surface area (Å²) in [5, 5.41) is 0. The summed E-state index contributed by atoms with van der Waals surface area (Å²) in [4.78, 5) is 16.8. The first-order valence-corrected chi connectivity index (χ1v) is 10.1. The normalized spacial score (nSPS) is 16.8. The topological polar surface area (TPSA) is 84.8 Å². The Balaban J connectivity index is 1.76. The van der Waals surface area contributed by atoms with E-state index in [1.165, 1.54) is 6.07 Å². The number of amidine groups is 1. The fourth-order valence-corrected chi connectivity index (χ4v) is 3.96. The van der Waals surface area contributed by atoms with Gasteiger partial charge in [0, 0.05) is 10.0 Å². The fraction of sp³-hybridized carbons (Fsp3) is 0.222. The summed E-state index contributed by atoms with van der Waals surface area (Å²) in [7, 11) is -3.60. The predicted octanol–water partition coefficient (Wildman–Crippen LogP) is 3.12. The lowest BCUT2D eigenvalue weighted by molar-refractivity contribution is 0.0435. The first-order valence-electron chi connectivity index (χ1n) is 7.83. The number of halogens is 1. The second-order valence-electron chi connectivity index (χ2n) is 6.46. The van der Waals surface area contributed by atoms with Gasteiger partial charge in [0.05, 0.1) is 16.0 Å². The molecular formula is C18H17BrN2O4S. The summed E-state index contributed by atoms with van der Waals surface area (Å²) in [5.74, 6) is -0.205. The van der Waals surface area contributed by atoms with Crippen molar-refractivity contribution in [2.45, 2.75) is 24.3 Å². The van der Waals surface area contributed by atoms with Crippen LogP contribution in [0.4, 0.5) is 0 Å². The number of esters is 1. The third-order valence-electron chi connectivity index (χ3n) is 3.71. The highest BCUT2D eigenvalue weighted by Crippen LogP contribution is 2.24. The molecule has 0 unspecified atom stereocenters. The Hall–Kier alpha value is -2.19. The highest BCUT2D eigenvalue weighted by atomic mass is 79.9. The second kappa shape index (κ2) is 6.85.